The van der Waals surface area contributed by atoms with Crippen molar-refractivity contribution < 1.29 is 9.32 Å². The number of rotatable bonds is 3. The van der Waals surface area contributed by atoms with E-state index in [9.17, 15) is 4.79 Å². The smallest absolute Gasteiger partial charge is 0.232 e. The van der Waals surface area contributed by atoms with Crippen molar-refractivity contribution in [3.8, 4) is 11.4 Å². The first kappa shape index (κ1) is 17.0. The van der Waals surface area contributed by atoms with Crippen molar-refractivity contribution in [2.24, 2.45) is 0 Å². The average Bonchev–Trinajstić information content (AvgIpc) is 3.22. The lowest BCUT2D eigenvalue weighted by atomic mass is 10.1. The summed E-state index contributed by atoms with van der Waals surface area (Å²) in [5.74, 6) is 1.06. The summed E-state index contributed by atoms with van der Waals surface area (Å²) in [7, 11) is 0. The molecule has 2 aromatic carbocycles. The van der Waals surface area contributed by atoms with E-state index in [2.05, 4.69) is 32.1 Å². The van der Waals surface area contributed by atoms with E-state index >= 15 is 0 Å². The Kier molecular flexibility index (Phi) is 4.36. The molecular weight excluding hydrogens is 394 g/mol. The van der Waals surface area contributed by atoms with E-state index in [4.69, 9.17) is 4.52 Å². The summed E-state index contributed by atoms with van der Waals surface area (Å²) >= 11 is 3.45. The predicted octanol–water partition coefficient (Wildman–Crippen LogP) is 4.64. The third-order valence-corrected chi connectivity index (χ3v) is 5.14. The number of aromatic nitrogens is 2. The van der Waals surface area contributed by atoms with Crippen LogP contribution in [0.5, 0.6) is 0 Å². The SMILES string of the molecule is Cc1ccc(N2CC(c3nc(-c4cccc(Br)c4)no3)CC2=O)c(C)c1. The zero-order chi connectivity index (χ0) is 18.3. The molecule has 26 heavy (non-hydrogen) atoms. The van der Waals surface area contributed by atoms with Gasteiger partial charge >= 0.3 is 0 Å². The standard InChI is InChI=1S/C20H18BrN3O2/c1-12-6-7-17(13(2)8-12)24-11-15(10-18(24)25)20-22-19(23-26-20)14-4-3-5-16(21)9-14/h3-9,15H,10-11H2,1-2H3. The molecule has 1 amide bonds. The van der Waals surface area contributed by atoms with Crippen molar-refractivity contribution in [1.82, 2.24) is 10.1 Å². The molecule has 1 unspecified atom stereocenters. The largest absolute Gasteiger partial charge is 0.339 e. The highest BCUT2D eigenvalue weighted by Gasteiger charge is 2.35. The van der Waals surface area contributed by atoms with Crippen molar-refractivity contribution in [2.75, 3.05) is 11.4 Å². The van der Waals surface area contributed by atoms with Crippen LogP contribution in [0.15, 0.2) is 51.5 Å². The van der Waals surface area contributed by atoms with Crippen molar-refractivity contribution in [3.63, 3.8) is 0 Å². The minimum Gasteiger partial charge on any atom is -0.339 e. The molecule has 0 bridgehead atoms. The molecule has 1 aliphatic rings. The Hall–Kier alpha value is -2.47. The predicted molar refractivity (Wildman–Crippen MR) is 103 cm³/mol. The molecule has 132 valence electrons. The van der Waals surface area contributed by atoms with E-state index < -0.39 is 0 Å². The average molecular weight is 412 g/mol. The molecule has 1 aromatic heterocycles. The molecule has 0 N–H and O–H groups in total. The Bertz CT molecular complexity index is 983. The number of hydrogen-bond donors (Lipinski definition) is 0. The number of aryl methyl sites for hydroxylation is 2. The number of benzene rings is 2. The highest BCUT2D eigenvalue weighted by atomic mass is 79.9. The van der Waals surface area contributed by atoms with Crippen molar-refractivity contribution in [2.45, 2.75) is 26.2 Å². The number of anilines is 1. The molecule has 0 spiro atoms. The molecule has 1 atom stereocenters. The van der Waals surface area contributed by atoms with E-state index in [1.54, 1.807) is 0 Å². The quantitative estimate of drug-likeness (QED) is 0.629. The van der Waals surface area contributed by atoms with Gasteiger partial charge in [-0.3, -0.25) is 4.79 Å². The highest BCUT2D eigenvalue weighted by molar-refractivity contribution is 9.10. The molecule has 1 fully saturated rings. The van der Waals surface area contributed by atoms with E-state index in [0.29, 0.717) is 24.7 Å². The lowest BCUT2D eigenvalue weighted by Gasteiger charge is -2.19. The third kappa shape index (κ3) is 3.17. The lowest BCUT2D eigenvalue weighted by molar-refractivity contribution is -0.117. The monoisotopic (exact) mass is 411 g/mol. The van der Waals surface area contributed by atoms with Crippen molar-refractivity contribution >= 4 is 27.5 Å². The van der Waals surface area contributed by atoms with Gasteiger partial charge in [0.15, 0.2) is 0 Å². The molecule has 4 rings (SSSR count). The summed E-state index contributed by atoms with van der Waals surface area (Å²) in [5, 5.41) is 4.09. The third-order valence-electron chi connectivity index (χ3n) is 4.64. The van der Waals surface area contributed by atoms with Crippen LogP contribution < -0.4 is 4.90 Å². The van der Waals surface area contributed by atoms with Crippen LogP contribution in [-0.4, -0.2) is 22.6 Å². The molecule has 5 nitrogen and oxygen atoms in total. The van der Waals surface area contributed by atoms with Crippen LogP contribution in [0.25, 0.3) is 11.4 Å². The first-order chi connectivity index (χ1) is 12.5. The van der Waals surface area contributed by atoms with Gasteiger partial charge in [-0.05, 0) is 37.6 Å². The Morgan fingerprint density at radius 3 is 2.81 bits per heavy atom. The molecule has 0 saturated carbocycles. The number of amides is 1. The maximum absolute atomic E-state index is 12.5. The Morgan fingerprint density at radius 1 is 1.19 bits per heavy atom. The molecule has 6 heteroatoms. The van der Waals surface area contributed by atoms with E-state index in [0.717, 1.165) is 21.3 Å². The Labute approximate surface area is 160 Å². The minimum atomic E-state index is -0.0865. The molecule has 0 radical (unpaired) electrons. The summed E-state index contributed by atoms with van der Waals surface area (Å²) in [6.07, 6.45) is 0.382. The number of halogens is 1. The van der Waals surface area contributed by atoms with Crippen LogP contribution in [0.3, 0.4) is 0 Å². The molecular formula is C20H18BrN3O2. The van der Waals surface area contributed by atoms with Gasteiger partial charge in [-0.1, -0.05) is 50.9 Å². The van der Waals surface area contributed by atoms with Crippen LogP contribution in [0, 0.1) is 13.8 Å². The maximum atomic E-state index is 12.5. The summed E-state index contributed by atoms with van der Waals surface area (Å²) in [4.78, 5) is 18.9. The number of hydrogen-bond acceptors (Lipinski definition) is 4. The van der Waals surface area contributed by atoms with E-state index in [-0.39, 0.29) is 11.8 Å². The minimum absolute atomic E-state index is 0.0865. The molecule has 1 saturated heterocycles. The second-order valence-electron chi connectivity index (χ2n) is 6.66. The molecule has 2 heterocycles. The van der Waals surface area contributed by atoms with Crippen LogP contribution >= 0.6 is 15.9 Å². The van der Waals surface area contributed by atoms with Crippen molar-refractivity contribution in [3.05, 3.63) is 64.0 Å². The number of carbonyl (C=O) groups is 1. The molecule has 3 aromatic rings. The summed E-state index contributed by atoms with van der Waals surface area (Å²) in [6.45, 7) is 4.64. The number of nitrogens with zero attached hydrogens (tertiary/aromatic N) is 3. The molecule has 1 aliphatic heterocycles. The van der Waals surface area contributed by atoms with Gasteiger partial charge in [0.1, 0.15) is 0 Å². The fourth-order valence-corrected chi connectivity index (χ4v) is 3.76. The van der Waals surface area contributed by atoms with Gasteiger partial charge < -0.3 is 9.42 Å². The van der Waals surface area contributed by atoms with Crippen LogP contribution in [-0.2, 0) is 4.79 Å². The second-order valence-corrected chi connectivity index (χ2v) is 7.58. The first-order valence-corrected chi connectivity index (χ1v) is 9.28. The fourth-order valence-electron chi connectivity index (χ4n) is 3.36. The van der Waals surface area contributed by atoms with E-state index in [1.807, 2.05) is 55.1 Å². The van der Waals surface area contributed by atoms with E-state index in [1.165, 1.54) is 5.56 Å². The van der Waals surface area contributed by atoms with Gasteiger partial charge in [-0.15, -0.1) is 0 Å². The maximum Gasteiger partial charge on any atom is 0.232 e. The summed E-state index contributed by atoms with van der Waals surface area (Å²) in [6, 6.07) is 13.9. The fraction of sp³-hybridized carbons (Fsp3) is 0.250. The van der Waals surface area contributed by atoms with Crippen LogP contribution in [0.4, 0.5) is 5.69 Å². The zero-order valence-corrected chi connectivity index (χ0v) is 16.2. The van der Waals surface area contributed by atoms with Gasteiger partial charge in [0.25, 0.3) is 0 Å². The Morgan fingerprint density at radius 2 is 2.04 bits per heavy atom. The summed E-state index contributed by atoms with van der Waals surface area (Å²) in [5.41, 5.74) is 4.11. The first-order valence-electron chi connectivity index (χ1n) is 8.48. The topological polar surface area (TPSA) is 59.2 Å². The zero-order valence-electron chi connectivity index (χ0n) is 14.6. The van der Waals surface area contributed by atoms with Crippen LogP contribution in [0.2, 0.25) is 0 Å². The molecule has 0 aliphatic carbocycles. The van der Waals surface area contributed by atoms with Crippen molar-refractivity contribution in [1.29, 1.82) is 0 Å². The Balaban J connectivity index is 1.58. The second kappa shape index (κ2) is 6.68. The lowest BCUT2D eigenvalue weighted by Crippen LogP contribution is -2.25. The van der Waals surface area contributed by atoms with Crippen LogP contribution in [0.1, 0.15) is 29.4 Å². The van der Waals surface area contributed by atoms with Gasteiger partial charge in [-0.2, -0.15) is 4.98 Å². The van der Waals surface area contributed by atoms with Gasteiger partial charge in [0.05, 0.1) is 5.92 Å². The normalized spacial score (nSPS) is 17.1. The number of carbonyl (C=O) groups excluding carboxylic acids is 1. The highest BCUT2D eigenvalue weighted by Crippen LogP contribution is 2.33. The van der Waals surface area contributed by atoms with Gasteiger partial charge in [0.2, 0.25) is 17.6 Å². The van der Waals surface area contributed by atoms with Gasteiger partial charge in [0, 0.05) is 28.7 Å². The summed E-state index contributed by atoms with van der Waals surface area (Å²) < 4.78 is 6.43. The van der Waals surface area contributed by atoms with Gasteiger partial charge in [-0.25, -0.2) is 0 Å².